The molecule has 2 aromatic carbocycles. The minimum Gasteiger partial charge on any atom is -0.473 e. The summed E-state index contributed by atoms with van der Waals surface area (Å²) >= 11 is 6.03. The predicted molar refractivity (Wildman–Crippen MR) is 99.5 cm³/mol. The first kappa shape index (κ1) is 19.2. The zero-order valence-corrected chi connectivity index (χ0v) is 15.6. The van der Waals surface area contributed by atoms with Crippen molar-refractivity contribution in [1.29, 1.82) is 0 Å². The maximum Gasteiger partial charge on any atom is 0.347 e. The minimum atomic E-state index is -1.08. The number of rotatable bonds is 6. The highest BCUT2D eigenvalue weighted by molar-refractivity contribution is 6.31. The number of hydrogen-bond acceptors (Lipinski definition) is 3. The highest BCUT2D eigenvalue weighted by Gasteiger charge is 2.24. The summed E-state index contributed by atoms with van der Waals surface area (Å²) < 4.78 is 40.9. The van der Waals surface area contributed by atoms with Crippen molar-refractivity contribution in [1.82, 2.24) is 4.57 Å². The molecule has 0 aliphatic heterocycles. The van der Waals surface area contributed by atoms with Gasteiger partial charge in [0.05, 0.1) is 17.8 Å². The van der Waals surface area contributed by atoms with Crippen molar-refractivity contribution in [2.45, 2.75) is 26.4 Å². The lowest BCUT2D eigenvalue weighted by Gasteiger charge is -2.17. The van der Waals surface area contributed by atoms with E-state index in [1.165, 1.54) is 0 Å². The maximum absolute atomic E-state index is 14.6. The molecule has 1 heterocycles. The number of carbonyl (C=O) groups excluding carboxylic acids is 1. The monoisotopic (exact) mass is 393 g/mol. The van der Waals surface area contributed by atoms with Crippen LogP contribution < -0.4 is 4.74 Å². The van der Waals surface area contributed by atoms with Crippen molar-refractivity contribution in [3.05, 3.63) is 59.3 Å². The number of hydrogen-bond donors (Lipinski definition) is 0. The molecule has 142 valence electrons. The maximum atomic E-state index is 14.6. The Hall–Kier alpha value is -2.60. The van der Waals surface area contributed by atoms with Gasteiger partial charge in [-0.15, -0.1) is 0 Å². The molecule has 1 unspecified atom stereocenters. The van der Waals surface area contributed by atoms with Gasteiger partial charge in [0.25, 0.3) is 0 Å². The Kier molecular flexibility index (Phi) is 5.65. The molecular formula is C20H18ClF2NO3. The van der Waals surface area contributed by atoms with Gasteiger partial charge in [-0.1, -0.05) is 24.6 Å². The molecule has 4 nitrogen and oxygen atoms in total. The number of esters is 1. The van der Waals surface area contributed by atoms with Crippen LogP contribution >= 0.6 is 11.6 Å². The van der Waals surface area contributed by atoms with Crippen molar-refractivity contribution >= 4 is 28.5 Å². The first-order valence-electron chi connectivity index (χ1n) is 8.53. The van der Waals surface area contributed by atoms with Crippen LogP contribution in [0.25, 0.3) is 16.6 Å². The molecule has 0 saturated heterocycles. The third kappa shape index (κ3) is 3.90. The molecule has 0 radical (unpaired) electrons. The second-order valence-electron chi connectivity index (χ2n) is 5.89. The van der Waals surface area contributed by atoms with Gasteiger partial charge < -0.3 is 14.0 Å². The number of carbonyl (C=O) groups is 1. The van der Waals surface area contributed by atoms with E-state index in [2.05, 4.69) is 0 Å². The van der Waals surface area contributed by atoms with E-state index in [4.69, 9.17) is 21.1 Å². The second kappa shape index (κ2) is 7.96. The van der Waals surface area contributed by atoms with Crippen LogP contribution in [0.2, 0.25) is 5.02 Å². The molecule has 3 aromatic rings. The van der Waals surface area contributed by atoms with Crippen LogP contribution in [0.1, 0.15) is 20.3 Å². The molecule has 0 aliphatic rings. The Morgan fingerprint density at radius 3 is 2.48 bits per heavy atom. The summed E-state index contributed by atoms with van der Waals surface area (Å²) in [4.78, 5) is 11.8. The predicted octanol–water partition coefficient (Wildman–Crippen LogP) is 5.28. The van der Waals surface area contributed by atoms with Crippen LogP contribution in [0.4, 0.5) is 8.78 Å². The average molecular weight is 394 g/mol. The Bertz CT molecular complexity index is 964. The number of benzene rings is 2. The summed E-state index contributed by atoms with van der Waals surface area (Å²) in [5, 5.41) is 1.40. The molecule has 0 bridgehead atoms. The van der Waals surface area contributed by atoms with Gasteiger partial charge >= 0.3 is 5.97 Å². The number of nitrogens with zero attached hydrogens (tertiary/aromatic N) is 1. The van der Waals surface area contributed by atoms with Gasteiger partial charge in [-0.25, -0.2) is 13.6 Å². The van der Waals surface area contributed by atoms with E-state index in [9.17, 15) is 13.6 Å². The van der Waals surface area contributed by atoms with E-state index < -0.39 is 29.5 Å². The minimum absolute atomic E-state index is 0.159. The van der Waals surface area contributed by atoms with Gasteiger partial charge in [0, 0.05) is 28.7 Å². The molecule has 0 aliphatic carbocycles. The summed E-state index contributed by atoms with van der Waals surface area (Å²) in [6.07, 6.45) is 0.842. The quantitative estimate of drug-likeness (QED) is 0.535. The van der Waals surface area contributed by atoms with Crippen LogP contribution in [0.5, 0.6) is 5.75 Å². The van der Waals surface area contributed by atoms with Gasteiger partial charge in [-0.05, 0) is 31.5 Å². The van der Waals surface area contributed by atoms with E-state index in [0.717, 1.165) is 17.5 Å². The summed E-state index contributed by atoms with van der Waals surface area (Å²) in [5.41, 5.74) is 0.992. The number of aromatic nitrogens is 1. The number of fused-ring (bicyclic) bond motifs is 1. The molecule has 0 amide bonds. The lowest BCUT2D eigenvalue weighted by Crippen LogP contribution is -2.29. The van der Waals surface area contributed by atoms with Crippen molar-refractivity contribution in [2.75, 3.05) is 6.61 Å². The largest absolute Gasteiger partial charge is 0.473 e. The van der Waals surface area contributed by atoms with Crippen LogP contribution in [0, 0.1) is 11.6 Å². The Morgan fingerprint density at radius 1 is 1.15 bits per heavy atom. The van der Waals surface area contributed by atoms with Crippen molar-refractivity contribution in [2.24, 2.45) is 0 Å². The highest BCUT2D eigenvalue weighted by Crippen LogP contribution is 2.30. The van der Waals surface area contributed by atoms with Crippen molar-refractivity contribution in [3.8, 4) is 11.4 Å². The van der Waals surface area contributed by atoms with Gasteiger partial charge in [-0.3, -0.25) is 0 Å². The van der Waals surface area contributed by atoms with E-state index >= 15 is 0 Å². The molecule has 0 fully saturated rings. The van der Waals surface area contributed by atoms with Crippen LogP contribution in [-0.4, -0.2) is 23.2 Å². The lowest BCUT2D eigenvalue weighted by molar-refractivity contribution is -0.151. The first-order chi connectivity index (χ1) is 12.9. The summed E-state index contributed by atoms with van der Waals surface area (Å²) in [5.74, 6) is -3.07. The zero-order chi connectivity index (χ0) is 19.6. The molecule has 0 spiro atoms. The normalized spacial score (nSPS) is 12.2. The van der Waals surface area contributed by atoms with Gasteiger partial charge in [0.15, 0.2) is 23.5 Å². The number of halogens is 3. The van der Waals surface area contributed by atoms with E-state index in [1.54, 1.807) is 36.7 Å². The van der Waals surface area contributed by atoms with Crippen LogP contribution in [-0.2, 0) is 9.53 Å². The fourth-order valence-corrected chi connectivity index (χ4v) is 2.97. The van der Waals surface area contributed by atoms with E-state index in [-0.39, 0.29) is 18.7 Å². The molecule has 1 atom stereocenters. The summed E-state index contributed by atoms with van der Waals surface area (Å²) in [7, 11) is 0. The summed E-state index contributed by atoms with van der Waals surface area (Å²) in [6.45, 7) is 3.47. The third-order valence-electron chi connectivity index (χ3n) is 4.10. The molecule has 7 heteroatoms. The Morgan fingerprint density at radius 2 is 1.85 bits per heavy atom. The highest BCUT2D eigenvalue weighted by atomic mass is 35.5. The standard InChI is InChI=1S/C20H18ClF2NO3/c1-3-18(20(25)26-4-2)27-19-15(22)10-14(11-16(19)23)24-8-7-12-5-6-13(21)9-17(12)24/h5-11,18H,3-4H2,1-2H3. The Balaban J connectivity index is 1.97. The third-order valence-corrected chi connectivity index (χ3v) is 4.33. The fourth-order valence-electron chi connectivity index (χ4n) is 2.80. The van der Waals surface area contributed by atoms with Crippen LogP contribution in [0.15, 0.2) is 42.6 Å². The van der Waals surface area contributed by atoms with E-state index in [0.29, 0.717) is 10.5 Å². The average Bonchev–Trinajstić information content (AvgIpc) is 3.04. The van der Waals surface area contributed by atoms with Gasteiger partial charge in [0.2, 0.25) is 0 Å². The number of ether oxygens (including phenoxy) is 2. The van der Waals surface area contributed by atoms with Crippen LogP contribution in [0.3, 0.4) is 0 Å². The first-order valence-corrected chi connectivity index (χ1v) is 8.91. The summed E-state index contributed by atoms with van der Waals surface area (Å²) in [6, 6.07) is 9.40. The second-order valence-corrected chi connectivity index (χ2v) is 6.33. The lowest BCUT2D eigenvalue weighted by atomic mass is 10.2. The van der Waals surface area contributed by atoms with Crippen molar-refractivity contribution < 1.29 is 23.0 Å². The Labute approximate surface area is 160 Å². The fraction of sp³-hybridized carbons (Fsp3) is 0.250. The molecule has 3 rings (SSSR count). The molecule has 0 N–H and O–H groups in total. The van der Waals surface area contributed by atoms with E-state index in [1.807, 2.05) is 12.1 Å². The molecular weight excluding hydrogens is 376 g/mol. The van der Waals surface area contributed by atoms with Crippen molar-refractivity contribution in [3.63, 3.8) is 0 Å². The molecule has 27 heavy (non-hydrogen) atoms. The van der Waals surface area contributed by atoms with Gasteiger partial charge in [0.1, 0.15) is 0 Å². The topological polar surface area (TPSA) is 40.5 Å². The molecule has 1 aromatic heterocycles. The smallest absolute Gasteiger partial charge is 0.347 e. The SMILES string of the molecule is CCOC(=O)C(CC)Oc1c(F)cc(-n2ccc3ccc(Cl)cc32)cc1F. The van der Waals surface area contributed by atoms with Gasteiger partial charge in [-0.2, -0.15) is 0 Å². The zero-order valence-electron chi connectivity index (χ0n) is 14.8. The molecule has 0 saturated carbocycles.